The number of carbonyl (C=O) groups is 1. The monoisotopic (exact) mass is 282 g/mol. The molecule has 104 valence electrons. The van der Waals surface area contributed by atoms with Crippen molar-refractivity contribution in [3.63, 3.8) is 0 Å². The van der Waals surface area contributed by atoms with Gasteiger partial charge in [-0.15, -0.1) is 11.8 Å². The Hall–Kier alpha value is -1.36. The second kappa shape index (κ2) is 5.33. The summed E-state index contributed by atoms with van der Waals surface area (Å²) in [6.07, 6.45) is 4.20. The molecule has 0 amide bonds. The van der Waals surface area contributed by atoms with Crippen LogP contribution in [0.25, 0.3) is 0 Å². The first-order valence-electron chi connectivity index (χ1n) is 6.13. The molecule has 19 heavy (non-hydrogen) atoms. The van der Waals surface area contributed by atoms with Crippen molar-refractivity contribution in [2.75, 3.05) is 20.5 Å². The van der Waals surface area contributed by atoms with Crippen molar-refractivity contribution in [1.29, 1.82) is 0 Å². The number of methoxy groups -OCH3 is 2. The van der Waals surface area contributed by atoms with Crippen molar-refractivity contribution in [3.8, 4) is 11.5 Å². The summed E-state index contributed by atoms with van der Waals surface area (Å²) in [7, 11) is 3.18. The molecule has 1 saturated carbocycles. The van der Waals surface area contributed by atoms with Gasteiger partial charge in [-0.1, -0.05) is 12.5 Å². The predicted molar refractivity (Wildman–Crippen MR) is 74.5 cm³/mol. The predicted octanol–water partition coefficient (Wildman–Crippen LogP) is 2.93. The smallest absolute Gasteiger partial charge is 0.314 e. The van der Waals surface area contributed by atoms with Crippen molar-refractivity contribution in [2.45, 2.75) is 29.6 Å². The molecule has 0 spiro atoms. The Labute approximate surface area is 117 Å². The number of ether oxygens (including phenoxy) is 2. The molecule has 4 nitrogen and oxygen atoms in total. The summed E-state index contributed by atoms with van der Waals surface area (Å²) in [5.41, 5.74) is -0.0267. The van der Waals surface area contributed by atoms with Gasteiger partial charge in [-0.25, -0.2) is 0 Å². The average Bonchev–Trinajstić information content (AvgIpc) is 2.35. The molecular formula is C14H18O4S. The summed E-state index contributed by atoms with van der Waals surface area (Å²) in [5.74, 6) is 0.580. The molecule has 0 unspecified atom stereocenters. The van der Waals surface area contributed by atoms with E-state index in [1.54, 1.807) is 14.2 Å². The van der Waals surface area contributed by atoms with E-state index in [4.69, 9.17) is 9.47 Å². The molecule has 1 N–H and O–H groups in total. The lowest BCUT2D eigenvalue weighted by Gasteiger charge is -2.39. The zero-order chi connectivity index (χ0) is 14.0. The first-order chi connectivity index (χ1) is 9.10. The van der Waals surface area contributed by atoms with E-state index in [2.05, 4.69) is 0 Å². The highest BCUT2D eigenvalue weighted by Gasteiger charge is 2.48. The minimum Gasteiger partial charge on any atom is -0.495 e. The topological polar surface area (TPSA) is 55.8 Å². The van der Waals surface area contributed by atoms with Crippen molar-refractivity contribution in [2.24, 2.45) is 0 Å². The Morgan fingerprint density at radius 1 is 1.32 bits per heavy atom. The van der Waals surface area contributed by atoms with Gasteiger partial charge < -0.3 is 14.6 Å². The van der Waals surface area contributed by atoms with Gasteiger partial charge >= 0.3 is 5.97 Å². The first-order valence-corrected chi connectivity index (χ1v) is 7.36. The van der Waals surface area contributed by atoms with Gasteiger partial charge in [0.2, 0.25) is 0 Å². The Morgan fingerprint density at radius 3 is 2.37 bits per heavy atom. The van der Waals surface area contributed by atoms with Gasteiger partial charge in [0.25, 0.3) is 0 Å². The van der Waals surface area contributed by atoms with E-state index in [0.717, 1.165) is 16.9 Å². The molecule has 1 aliphatic carbocycles. The van der Waals surface area contributed by atoms with E-state index in [-0.39, 0.29) is 0 Å². The number of hydrogen-bond acceptors (Lipinski definition) is 4. The van der Waals surface area contributed by atoms with Crippen molar-refractivity contribution < 1.29 is 19.4 Å². The number of thioether (sulfide) groups is 1. The molecule has 1 aliphatic rings. The van der Waals surface area contributed by atoms with Crippen LogP contribution in [0.3, 0.4) is 0 Å². The third-order valence-electron chi connectivity index (χ3n) is 3.84. The Kier molecular flexibility index (Phi) is 3.94. The Balaban J connectivity index is 2.61. The largest absolute Gasteiger partial charge is 0.495 e. The summed E-state index contributed by atoms with van der Waals surface area (Å²) in [4.78, 5) is 12.5. The molecule has 0 heterocycles. The van der Waals surface area contributed by atoms with Crippen LogP contribution in [-0.2, 0) is 10.2 Å². The summed E-state index contributed by atoms with van der Waals surface area (Å²) in [6.45, 7) is 0. The zero-order valence-electron chi connectivity index (χ0n) is 11.4. The van der Waals surface area contributed by atoms with Gasteiger partial charge in [0.1, 0.15) is 11.5 Å². The highest BCUT2D eigenvalue weighted by atomic mass is 32.2. The quantitative estimate of drug-likeness (QED) is 0.841. The van der Waals surface area contributed by atoms with E-state index in [1.165, 1.54) is 11.8 Å². The molecule has 1 aromatic carbocycles. The summed E-state index contributed by atoms with van der Waals surface area (Å²) >= 11 is 1.50. The SMILES string of the molecule is COc1ccc(C2(C(=O)O)CCC2)c(OC)c1SC. The zero-order valence-corrected chi connectivity index (χ0v) is 12.2. The lowest BCUT2D eigenvalue weighted by molar-refractivity contribution is -0.147. The molecular weight excluding hydrogens is 264 g/mol. The molecule has 2 rings (SSSR count). The maximum absolute atomic E-state index is 11.6. The third-order valence-corrected chi connectivity index (χ3v) is 4.63. The highest BCUT2D eigenvalue weighted by molar-refractivity contribution is 7.98. The normalized spacial score (nSPS) is 16.6. The summed E-state index contributed by atoms with van der Waals surface area (Å²) < 4.78 is 10.8. The average molecular weight is 282 g/mol. The van der Waals surface area contributed by atoms with E-state index in [0.29, 0.717) is 24.3 Å². The molecule has 1 aromatic rings. The van der Waals surface area contributed by atoms with Gasteiger partial charge in [-0.2, -0.15) is 0 Å². The van der Waals surface area contributed by atoms with Crippen LogP contribution in [0.5, 0.6) is 11.5 Å². The minimum absolute atomic E-state index is 0.633. The maximum atomic E-state index is 11.6. The number of carboxylic acid groups (broad SMARTS) is 1. The van der Waals surface area contributed by atoms with Gasteiger partial charge in [-0.05, 0) is 25.2 Å². The second-order valence-corrected chi connectivity index (χ2v) is 5.44. The minimum atomic E-state index is -0.790. The molecule has 0 saturated heterocycles. The second-order valence-electron chi connectivity index (χ2n) is 4.62. The highest BCUT2D eigenvalue weighted by Crippen LogP contribution is 2.51. The van der Waals surface area contributed by atoms with Crippen LogP contribution in [-0.4, -0.2) is 31.6 Å². The molecule has 0 atom stereocenters. The molecule has 1 fully saturated rings. The van der Waals surface area contributed by atoms with Crippen molar-refractivity contribution in [3.05, 3.63) is 17.7 Å². The van der Waals surface area contributed by atoms with Gasteiger partial charge in [-0.3, -0.25) is 4.79 Å². The van der Waals surface area contributed by atoms with Crippen LogP contribution in [0, 0.1) is 0 Å². The van der Waals surface area contributed by atoms with Crippen LogP contribution in [0.4, 0.5) is 0 Å². The summed E-state index contributed by atoms with van der Waals surface area (Å²) in [6, 6.07) is 3.65. The van der Waals surface area contributed by atoms with Crippen molar-refractivity contribution >= 4 is 17.7 Å². The van der Waals surface area contributed by atoms with E-state index in [1.807, 2.05) is 18.4 Å². The molecule has 0 aromatic heterocycles. The van der Waals surface area contributed by atoms with E-state index in [9.17, 15) is 9.90 Å². The fourth-order valence-electron chi connectivity index (χ4n) is 2.61. The number of rotatable bonds is 5. The van der Waals surface area contributed by atoms with Crippen LogP contribution < -0.4 is 9.47 Å². The first kappa shape index (κ1) is 14.1. The Bertz CT molecular complexity index is 494. The fourth-order valence-corrected chi connectivity index (χ4v) is 3.34. The Morgan fingerprint density at radius 2 is 2.00 bits per heavy atom. The lowest BCUT2D eigenvalue weighted by Crippen LogP contribution is -2.42. The van der Waals surface area contributed by atoms with Crippen molar-refractivity contribution in [1.82, 2.24) is 0 Å². The summed E-state index contributed by atoms with van der Waals surface area (Å²) in [5, 5.41) is 9.55. The fraction of sp³-hybridized carbons (Fsp3) is 0.500. The standard InChI is InChI=1S/C14H18O4S/c1-17-10-6-5-9(11(18-2)12(10)19-3)14(13(15)16)7-4-8-14/h5-6H,4,7-8H2,1-3H3,(H,15,16). The van der Waals surface area contributed by atoms with E-state index >= 15 is 0 Å². The molecule has 0 aliphatic heterocycles. The molecule has 0 radical (unpaired) electrons. The molecule has 0 bridgehead atoms. The van der Waals surface area contributed by atoms with E-state index < -0.39 is 11.4 Å². The lowest BCUT2D eigenvalue weighted by atomic mass is 9.64. The van der Waals surface area contributed by atoms with Gasteiger partial charge in [0.05, 0.1) is 24.5 Å². The van der Waals surface area contributed by atoms with Gasteiger partial charge in [0.15, 0.2) is 0 Å². The van der Waals surface area contributed by atoms with Crippen LogP contribution in [0.15, 0.2) is 17.0 Å². The van der Waals surface area contributed by atoms with Crippen LogP contribution in [0.1, 0.15) is 24.8 Å². The number of aliphatic carboxylic acids is 1. The third kappa shape index (κ3) is 2.06. The molecule has 5 heteroatoms. The maximum Gasteiger partial charge on any atom is 0.314 e. The number of carboxylic acids is 1. The number of benzene rings is 1. The van der Waals surface area contributed by atoms with Gasteiger partial charge in [0, 0.05) is 5.56 Å². The number of hydrogen-bond donors (Lipinski definition) is 1. The van der Waals surface area contributed by atoms with Crippen LogP contribution >= 0.6 is 11.8 Å². The van der Waals surface area contributed by atoms with Crippen LogP contribution in [0.2, 0.25) is 0 Å².